The van der Waals surface area contributed by atoms with Crippen LogP contribution in [-0.4, -0.2) is 56.7 Å². The van der Waals surface area contributed by atoms with Crippen LogP contribution < -0.4 is 4.31 Å². The maximum Gasteiger partial charge on any atom is 0.335 e. The zero-order valence-corrected chi connectivity index (χ0v) is 16.5. The van der Waals surface area contributed by atoms with Gasteiger partial charge in [-0.2, -0.15) is 0 Å². The van der Waals surface area contributed by atoms with Crippen molar-refractivity contribution in [2.45, 2.75) is 24.0 Å². The maximum atomic E-state index is 13.5. The van der Waals surface area contributed by atoms with Gasteiger partial charge in [-0.05, 0) is 36.8 Å². The summed E-state index contributed by atoms with van der Waals surface area (Å²) in [4.78, 5) is 11.0. The Morgan fingerprint density at radius 1 is 1.11 bits per heavy atom. The summed E-state index contributed by atoms with van der Waals surface area (Å²) in [5, 5.41) is 19.5. The number of carboxylic acid groups (broad SMARTS) is 1. The number of aryl methyl sites for hydroxylation is 1. The maximum absolute atomic E-state index is 13.5. The number of sulfone groups is 1. The summed E-state index contributed by atoms with van der Waals surface area (Å²) in [6.07, 6.45) is -1.40. The Hall–Kier alpha value is -2.43. The Kier molecular flexibility index (Phi) is 5.22. The van der Waals surface area contributed by atoms with E-state index >= 15 is 0 Å². The quantitative estimate of drug-likeness (QED) is 0.732. The SMILES string of the molecule is Cc1ccc(C(=O)O)cc1S(=O)(=O)N(c1ccccc1)[C@@H]1CS(=O)(=O)C[C@@H]1O. The molecule has 0 bridgehead atoms. The number of rotatable bonds is 5. The standard InChI is InChI=1S/C18H19NO7S2/c1-12-7-8-13(18(21)22)9-17(12)28(25,26)19(14-5-3-2-4-6-14)15-10-27(23,24)11-16(15)20/h2-9,15-16,20H,10-11H2,1H3,(H,21,22)/t15-,16+/m1/s1. The molecule has 0 aliphatic carbocycles. The number of aromatic carboxylic acids is 1. The van der Waals surface area contributed by atoms with Gasteiger partial charge in [0.2, 0.25) is 0 Å². The first kappa shape index (κ1) is 20.3. The van der Waals surface area contributed by atoms with Crippen molar-refractivity contribution in [2.75, 3.05) is 15.8 Å². The molecule has 2 atom stereocenters. The van der Waals surface area contributed by atoms with E-state index in [1.165, 1.54) is 31.2 Å². The molecule has 0 amide bonds. The topological polar surface area (TPSA) is 129 Å². The second-order valence-electron chi connectivity index (χ2n) is 6.63. The molecule has 2 N–H and O–H groups in total. The van der Waals surface area contributed by atoms with E-state index in [0.717, 1.165) is 10.4 Å². The minimum absolute atomic E-state index is 0.184. The first-order valence-electron chi connectivity index (χ1n) is 8.35. The lowest BCUT2D eigenvalue weighted by Crippen LogP contribution is -2.47. The zero-order valence-electron chi connectivity index (χ0n) is 14.9. The van der Waals surface area contributed by atoms with E-state index < -0.39 is 49.5 Å². The van der Waals surface area contributed by atoms with E-state index in [1.54, 1.807) is 18.2 Å². The molecule has 0 radical (unpaired) electrons. The third-order valence-corrected chi connectivity index (χ3v) is 8.27. The van der Waals surface area contributed by atoms with Crippen LogP contribution in [0.5, 0.6) is 0 Å². The number of anilines is 1. The second-order valence-corrected chi connectivity index (χ2v) is 10.6. The van der Waals surface area contributed by atoms with Crippen LogP contribution in [0.2, 0.25) is 0 Å². The smallest absolute Gasteiger partial charge is 0.335 e. The predicted molar refractivity (Wildman–Crippen MR) is 103 cm³/mol. The van der Waals surface area contributed by atoms with Crippen LogP contribution in [-0.2, 0) is 19.9 Å². The summed E-state index contributed by atoms with van der Waals surface area (Å²) in [7, 11) is -7.98. The first-order chi connectivity index (χ1) is 13.0. The fourth-order valence-corrected chi connectivity index (χ4v) is 7.03. The lowest BCUT2D eigenvalue weighted by atomic mass is 10.1. The Labute approximate surface area is 163 Å². The number of para-hydroxylation sites is 1. The van der Waals surface area contributed by atoms with Crippen LogP contribution in [0.3, 0.4) is 0 Å². The van der Waals surface area contributed by atoms with Gasteiger partial charge in [-0.25, -0.2) is 21.6 Å². The van der Waals surface area contributed by atoms with E-state index in [4.69, 9.17) is 0 Å². The van der Waals surface area contributed by atoms with Crippen molar-refractivity contribution in [3.05, 3.63) is 59.7 Å². The highest BCUT2D eigenvalue weighted by atomic mass is 32.2. The Bertz CT molecular complexity index is 1110. The van der Waals surface area contributed by atoms with Gasteiger partial charge in [0.15, 0.2) is 9.84 Å². The molecule has 0 saturated carbocycles. The molecule has 8 nitrogen and oxygen atoms in total. The summed E-state index contributed by atoms with van der Waals surface area (Å²) in [5.74, 6) is -2.35. The highest BCUT2D eigenvalue weighted by molar-refractivity contribution is 7.93. The van der Waals surface area contributed by atoms with Crippen LogP contribution in [0.4, 0.5) is 5.69 Å². The molecule has 150 valence electrons. The average Bonchev–Trinajstić information content (AvgIpc) is 2.88. The molecule has 1 aliphatic rings. The molecule has 0 unspecified atom stereocenters. The minimum atomic E-state index is -4.36. The van der Waals surface area contributed by atoms with Gasteiger partial charge in [-0.1, -0.05) is 24.3 Å². The van der Waals surface area contributed by atoms with Crippen LogP contribution in [0.25, 0.3) is 0 Å². The first-order valence-corrected chi connectivity index (χ1v) is 11.6. The molecule has 10 heteroatoms. The monoisotopic (exact) mass is 425 g/mol. The van der Waals surface area contributed by atoms with E-state index in [9.17, 15) is 31.8 Å². The van der Waals surface area contributed by atoms with Crippen LogP contribution >= 0.6 is 0 Å². The number of aliphatic hydroxyl groups excluding tert-OH is 1. The van der Waals surface area contributed by atoms with Crippen molar-refractivity contribution in [3.63, 3.8) is 0 Å². The van der Waals surface area contributed by atoms with Gasteiger partial charge in [0.1, 0.15) is 0 Å². The highest BCUT2D eigenvalue weighted by Crippen LogP contribution is 2.32. The number of carbonyl (C=O) groups is 1. The van der Waals surface area contributed by atoms with Crippen LogP contribution in [0, 0.1) is 6.92 Å². The van der Waals surface area contributed by atoms with Gasteiger partial charge >= 0.3 is 5.97 Å². The van der Waals surface area contributed by atoms with Crippen molar-refractivity contribution in [3.8, 4) is 0 Å². The van der Waals surface area contributed by atoms with E-state index in [1.807, 2.05) is 0 Å². The van der Waals surface area contributed by atoms with Gasteiger partial charge in [-0.15, -0.1) is 0 Å². The molecule has 1 saturated heterocycles. The van der Waals surface area contributed by atoms with Crippen molar-refractivity contribution < 1.29 is 31.8 Å². The molecule has 0 aromatic heterocycles. The number of carboxylic acids is 1. The molecule has 28 heavy (non-hydrogen) atoms. The third-order valence-electron chi connectivity index (χ3n) is 4.58. The fourth-order valence-electron chi connectivity index (χ4n) is 3.23. The second kappa shape index (κ2) is 7.19. The molecule has 1 fully saturated rings. The van der Waals surface area contributed by atoms with Crippen molar-refractivity contribution in [1.29, 1.82) is 0 Å². The zero-order chi connectivity index (χ0) is 20.7. The molecular weight excluding hydrogens is 406 g/mol. The van der Waals surface area contributed by atoms with E-state index in [2.05, 4.69) is 0 Å². The van der Waals surface area contributed by atoms with Crippen molar-refractivity contribution >= 4 is 31.5 Å². The molecule has 0 spiro atoms. The fraction of sp³-hybridized carbons (Fsp3) is 0.278. The van der Waals surface area contributed by atoms with Gasteiger partial charge < -0.3 is 10.2 Å². The van der Waals surface area contributed by atoms with E-state index in [0.29, 0.717) is 5.56 Å². The van der Waals surface area contributed by atoms with Gasteiger partial charge in [-0.3, -0.25) is 4.31 Å². The lowest BCUT2D eigenvalue weighted by Gasteiger charge is -2.32. The molecular formula is C18H19NO7S2. The number of aliphatic hydroxyl groups is 1. The molecule has 2 aromatic carbocycles. The Morgan fingerprint density at radius 3 is 2.29 bits per heavy atom. The Morgan fingerprint density at radius 2 is 1.75 bits per heavy atom. The summed E-state index contributed by atoms with van der Waals surface area (Å²) in [6.45, 7) is 1.52. The number of benzene rings is 2. The molecule has 3 rings (SSSR count). The number of nitrogens with zero attached hydrogens (tertiary/aromatic N) is 1. The van der Waals surface area contributed by atoms with Gasteiger partial charge in [0.25, 0.3) is 10.0 Å². The molecule has 1 aliphatic heterocycles. The number of hydrogen-bond acceptors (Lipinski definition) is 6. The summed E-state index contributed by atoms with van der Waals surface area (Å²) >= 11 is 0. The minimum Gasteiger partial charge on any atom is -0.478 e. The number of hydrogen-bond donors (Lipinski definition) is 2. The van der Waals surface area contributed by atoms with E-state index in [-0.39, 0.29) is 16.1 Å². The van der Waals surface area contributed by atoms with Crippen LogP contribution in [0.15, 0.2) is 53.4 Å². The van der Waals surface area contributed by atoms with Crippen molar-refractivity contribution in [2.24, 2.45) is 0 Å². The third kappa shape index (κ3) is 3.75. The largest absolute Gasteiger partial charge is 0.478 e. The normalized spacial score (nSPS) is 21.4. The van der Waals surface area contributed by atoms with Gasteiger partial charge in [0.05, 0.1) is 39.8 Å². The number of sulfonamides is 1. The molecule has 1 heterocycles. The van der Waals surface area contributed by atoms with Crippen molar-refractivity contribution in [1.82, 2.24) is 0 Å². The predicted octanol–water partition coefficient (Wildman–Crippen LogP) is 1.05. The summed E-state index contributed by atoms with van der Waals surface area (Å²) in [6, 6.07) is 10.3. The molecule has 2 aromatic rings. The lowest BCUT2D eigenvalue weighted by molar-refractivity contribution is 0.0696. The summed E-state index contributed by atoms with van der Waals surface area (Å²) in [5.41, 5.74) is 0.279. The van der Waals surface area contributed by atoms with Crippen LogP contribution in [0.1, 0.15) is 15.9 Å². The Balaban J connectivity index is 2.21. The average molecular weight is 425 g/mol. The highest BCUT2D eigenvalue weighted by Gasteiger charge is 2.45. The van der Waals surface area contributed by atoms with Gasteiger partial charge in [0, 0.05) is 0 Å². The summed E-state index contributed by atoms with van der Waals surface area (Å²) < 4.78 is 51.9.